The summed E-state index contributed by atoms with van der Waals surface area (Å²) >= 11 is 1.77. The van der Waals surface area contributed by atoms with E-state index in [1.54, 1.807) is 11.3 Å². The van der Waals surface area contributed by atoms with Gasteiger partial charge in [-0.1, -0.05) is 18.2 Å². The van der Waals surface area contributed by atoms with Crippen LogP contribution in [0.5, 0.6) is 5.75 Å². The summed E-state index contributed by atoms with van der Waals surface area (Å²) in [4.78, 5) is 1.21. The summed E-state index contributed by atoms with van der Waals surface area (Å²) in [5.41, 5.74) is 1.95. The van der Waals surface area contributed by atoms with Crippen LogP contribution in [0.25, 0.3) is 20.5 Å². The molecule has 0 spiro atoms. The van der Waals surface area contributed by atoms with Crippen molar-refractivity contribution in [2.24, 2.45) is 0 Å². The Bertz CT molecular complexity index is 726. The van der Waals surface area contributed by atoms with E-state index in [1.807, 2.05) is 26.0 Å². The van der Waals surface area contributed by atoms with Crippen molar-refractivity contribution in [2.45, 2.75) is 26.6 Å². The quantitative estimate of drug-likeness (QED) is 0.746. The lowest BCUT2D eigenvalue weighted by Gasteiger charge is -2.14. The largest absolute Gasteiger partial charge is 0.491 e. The van der Waals surface area contributed by atoms with Crippen LogP contribution in [0.1, 0.15) is 19.4 Å². The Morgan fingerprint density at radius 2 is 1.90 bits per heavy atom. The summed E-state index contributed by atoms with van der Waals surface area (Å²) in [7, 11) is 0. The monoisotopic (exact) mass is 298 g/mol. The SMILES string of the molecule is CC(C)Oc1ccc(-c2cc3ccccc3s2)cc1CO. The van der Waals surface area contributed by atoms with Gasteiger partial charge in [0.15, 0.2) is 0 Å². The molecule has 0 atom stereocenters. The first-order valence-corrected chi connectivity index (χ1v) is 7.88. The topological polar surface area (TPSA) is 29.5 Å². The zero-order valence-corrected chi connectivity index (χ0v) is 13.0. The fraction of sp³-hybridized carbons (Fsp3) is 0.222. The molecule has 1 aromatic heterocycles. The van der Waals surface area contributed by atoms with Gasteiger partial charge in [0.2, 0.25) is 0 Å². The summed E-state index contributed by atoms with van der Waals surface area (Å²) in [5, 5.41) is 10.8. The van der Waals surface area contributed by atoms with Crippen LogP contribution in [0.4, 0.5) is 0 Å². The molecule has 0 fully saturated rings. The lowest BCUT2D eigenvalue weighted by Crippen LogP contribution is -2.07. The Kier molecular flexibility index (Phi) is 3.95. The number of rotatable bonds is 4. The number of aliphatic hydroxyl groups is 1. The number of fused-ring (bicyclic) bond motifs is 1. The first-order valence-electron chi connectivity index (χ1n) is 7.07. The molecule has 0 radical (unpaired) electrons. The van der Waals surface area contributed by atoms with Gasteiger partial charge in [-0.05, 0) is 55.1 Å². The van der Waals surface area contributed by atoms with Crippen molar-refractivity contribution in [1.82, 2.24) is 0 Å². The summed E-state index contributed by atoms with van der Waals surface area (Å²) in [5.74, 6) is 0.761. The maximum absolute atomic E-state index is 9.57. The van der Waals surface area contributed by atoms with Crippen molar-refractivity contribution in [3.8, 4) is 16.2 Å². The highest BCUT2D eigenvalue weighted by atomic mass is 32.1. The van der Waals surface area contributed by atoms with Crippen LogP contribution in [-0.4, -0.2) is 11.2 Å². The van der Waals surface area contributed by atoms with Crippen LogP contribution >= 0.6 is 11.3 Å². The predicted octanol–water partition coefficient (Wildman–Crippen LogP) is 4.85. The van der Waals surface area contributed by atoms with E-state index in [2.05, 4.69) is 36.4 Å². The van der Waals surface area contributed by atoms with Crippen LogP contribution in [0.2, 0.25) is 0 Å². The van der Waals surface area contributed by atoms with E-state index in [0.29, 0.717) is 0 Å². The second kappa shape index (κ2) is 5.88. The Balaban J connectivity index is 2.02. The van der Waals surface area contributed by atoms with E-state index in [9.17, 15) is 5.11 Å². The van der Waals surface area contributed by atoms with Crippen molar-refractivity contribution < 1.29 is 9.84 Å². The Morgan fingerprint density at radius 1 is 1.10 bits per heavy atom. The van der Waals surface area contributed by atoms with Gasteiger partial charge in [0.1, 0.15) is 5.75 Å². The predicted molar refractivity (Wildman–Crippen MR) is 88.9 cm³/mol. The zero-order chi connectivity index (χ0) is 14.8. The van der Waals surface area contributed by atoms with E-state index in [0.717, 1.165) is 16.9 Å². The number of benzene rings is 2. The Labute approximate surface area is 128 Å². The smallest absolute Gasteiger partial charge is 0.125 e. The lowest BCUT2D eigenvalue weighted by molar-refractivity contribution is 0.225. The third-order valence-corrected chi connectivity index (χ3v) is 4.47. The molecule has 0 aliphatic heterocycles. The molecular formula is C18H18O2S. The molecule has 1 heterocycles. The van der Waals surface area contributed by atoms with E-state index >= 15 is 0 Å². The fourth-order valence-electron chi connectivity index (χ4n) is 2.35. The second-order valence-electron chi connectivity index (χ2n) is 5.30. The third kappa shape index (κ3) is 2.94. The van der Waals surface area contributed by atoms with Gasteiger partial charge in [-0.25, -0.2) is 0 Å². The first kappa shape index (κ1) is 14.1. The lowest BCUT2D eigenvalue weighted by atomic mass is 10.1. The van der Waals surface area contributed by atoms with Crippen molar-refractivity contribution in [3.63, 3.8) is 0 Å². The average Bonchev–Trinajstić information content (AvgIpc) is 2.91. The van der Waals surface area contributed by atoms with Crippen molar-refractivity contribution in [2.75, 3.05) is 0 Å². The van der Waals surface area contributed by atoms with Gasteiger partial charge >= 0.3 is 0 Å². The van der Waals surface area contributed by atoms with Gasteiger partial charge in [-0.15, -0.1) is 11.3 Å². The first-order chi connectivity index (χ1) is 10.2. The van der Waals surface area contributed by atoms with Crippen molar-refractivity contribution in [3.05, 3.63) is 54.1 Å². The molecule has 0 amide bonds. The molecular weight excluding hydrogens is 280 g/mol. The minimum Gasteiger partial charge on any atom is -0.491 e. The van der Waals surface area contributed by atoms with Gasteiger partial charge in [0.05, 0.1) is 12.7 Å². The Morgan fingerprint density at radius 3 is 2.62 bits per heavy atom. The molecule has 108 valence electrons. The summed E-state index contributed by atoms with van der Waals surface area (Å²) < 4.78 is 7.01. The molecule has 1 N–H and O–H groups in total. The van der Waals surface area contributed by atoms with Gasteiger partial charge in [0, 0.05) is 15.1 Å². The van der Waals surface area contributed by atoms with E-state index < -0.39 is 0 Å². The number of thiophene rings is 1. The molecule has 0 aliphatic carbocycles. The minimum atomic E-state index is -0.0131. The Hall–Kier alpha value is -1.84. The van der Waals surface area contributed by atoms with Crippen LogP contribution in [-0.2, 0) is 6.61 Å². The van der Waals surface area contributed by atoms with Crippen LogP contribution in [0.3, 0.4) is 0 Å². The minimum absolute atomic E-state index is 0.0131. The van der Waals surface area contributed by atoms with Crippen molar-refractivity contribution in [1.29, 1.82) is 0 Å². The molecule has 2 nitrogen and oxygen atoms in total. The summed E-state index contributed by atoms with van der Waals surface area (Å²) in [6, 6.07) is 16.6. The van der Waals surface area contributed by atoms with E-state index in [1.165, 1.54) is 15.0 Å². The van der Waals surface area contributed by atoms with Crippen LogP contribution < -0.4 is 4.74 Å². The summed E-state index contributed by atoms with van der Waals surface area (Å²) in [6.45, 7) is 3.96. The van der Waals surface area contributed by atoms with Gasteiger partial charge in [-0.2, -0.15) is 0 Å². The maximum atomic E-state index is 9.57. The number of hydrogen-bond acceptors (Lipinski definition) is 3. The zero-order valence-electron chi connectivity index (χ0n) is 12.2. The molecule has 0 unspecified atom stereocenters. The number of aliphatic hydroxyl groups excluding tert-OH is 1. The molecule has 2 aromatic carbocycles. The van der Waals surface area contributed by atoms with Gasteiger partial charge in [-0.3, -0.25) is 0 Å². The molecule has 3 rings (SSSR count). The molecule has 0 bridgehead atoms. The summed E-state index contributed by atoms with van der Waals surface area (Å²) in [6.07, 6.45) is 0.102. The normalized spacial score (nSPS) is 11.2. The van der Waals surface area contributed by atoms with Gasteiger partial charge < -0.3 is 9.84 Å². The number of hydrogen-bond donors (Lipinski definition) is 1. The van der Waals surface area contributed by atoms with Crippen LogP contribution in [0.15, 0.2) is 48.5 Å². The molecule has 3 aromatic rings. The second-order valence-corrected chi connectivity index (χ2v) is 6.38. The molecule has 21 heavy (non-hydrogen) atoms. The standard InChI is InChI=1S/C18H18O2S/c1-12(2)20-16-8-7-14(9-15(16)11-19)18-10-13-5-3-4-6-17(13)21-18/h3-10,12,19H,11H2,1-2H3. The number of ether oxygens (including phenoxy) is 1. The average molecular weight is 298 g/mol. The van der Waals surface area contributed by atoms with E-state index in [-0.39, 0.29) is 12.7 Å². The maximum Gasteiger partial charge on any atom is 0.125 e. The van der Waals surface area contributed by atoms with Gasteiger partial charge in [0.25, 0.3) is 0 Å². The highest BCUT2D eigenvalue weighted by Crippen LogP contribution is 2.35. The molecule has 0 saturated heterocycles. The molecule has 0 aliphatic rings. The molecule has 0 saturated carbocycles. The highest BCUT2D eigenvalue weighted by molar-refractivity contribution is 7.22. The van der Waals surface area contributed by atoms with E-state index in [4.69, 9.17) is 4.74 Å². The highest BCUT2D eigenvalue weighted by Gasteiger charge is 2.09. The fourth-order valence-corrected chi connectivity index (χ4v) is 3.41. The van der Waals surface area contributed by atoms with Crippen LogP contribution in [0, 0.1) is 0 Å². The molecule has 3 heteroatoms. The van der Waals surface area contributed by atoms with Crippen molar-refractivity contribution >= 4 is 21.4 Å². The third-order valence-electron chi connectivity index (χ3n) is 3.30.